The van der Waals surface area contributed by atoms with E-state index in [1.54, 1.807) is 34.6 Å². The van der Waals surface area contributed by atoms with Gasteiger partial charge in [0.25, 0.3) is 0 Å². The van der Waals surface area contributed by atoms with Crippen molar-refractivity contribution in [3.05, 3.63) is 23.8 Å². The van der Waals surface area contributed by atoms with Crippen molar-refractivity contribution >= 4 is 12.1 Å². The highest BCUT2D eigenvalue weighted by Crippen LogP contribution is 2.20. The average Bonchev–Trinajstić information content (AvgIpc) is 2.37. The zero-order chi connectivity index (χ0) is 17.6. The van der Waals surface area contributed by atoms with Gasteiger partial charge in [-0.3, -0.25) is 0 Å². The van der Waals surface area contributed by atoms with Gasteiger partial charge in [0.05, 0.1) is 6.10 Å². The van der Waals surface area contributed by atoms with Crippen molar-refractivity contribution < 1.29 is 19.1 Å². The van der Waals surface area contributed by atoms with Crippen LogP contribution in [0.1, 0.15) is 54.4 Å². The van der Waals surface area contributed by atoms with Crippen LogP contribution in [0.25, 0.3) is 0 Å². The van der Waals surface area contributed by atoms with E-state index < -0.39 is 23.7 Å². The van der Waals surface area contributed by atoms with E-state index >= 15 is 0 Å². The third kappa shape index (κ3) is 7.86. The fourth-order valence-electron chi connectivity index (χ4n) is 2.12. The number of rotatable bonds is 5. The maximum Gasteiger partial charge on any atom is 0.408 e. The monoisotopic (exact) mass is 323 g/mol. The van der Waals surface area contributed by atoms with Crippen molar-refractivity contribution in [3.63, 3.8) is 0 Å². The predicted octanol–water partition coefficient (Wildman–Crippen LogP) is 3.74. The van der Waals surface area contributed by atoms with E-state index in [0.29, 0.717) is 12.3 Å². The van der Waals surface area contributed by atoms with Crippen LogP contribution in [0.3, 0.4) is 0 Å². The fraction of sp³-hybridized carbons (Fsp3) is 0.667. The van der Waals surface area contributed by atoms with Crippen molar-refractivity contribution in [2.24, 2.45) is 5.92 Å². The average molecular weight is 323 g/mol. The molecule has 1 unspecified atom stereocenters. The van der Waals surface area contributed by atoms with Gasteiger partial charge in [0.1, 0.15) is 11.6 Å². The lowest BCUT2D eigenvalue weighted by atomic mass is 9.95. The summed E-state index contributed by atoms with van der Waals surface area (Å²) in [7, 11) is 0. The summed E-state index contributed by atoms with van der Waals surface area (Å²) < 4.78 is 10.5. The van der Waals surface area contributed by atoms with Crippen molar-refractivity contribution in [1.82, 2.24) is 5.32 Å². The van der Waals surface area contributed by atoms with Gasteiger partial charge in [0.2, 0.25) is 0 Å². The summed E-state index contributed by atoms with van der Waals surface area (Å²) in [4.78, 5) is 24.2. The molecule has 0 saturated heterocycles. The second-order valence-corrected chi connectivity index (χ2v) is 7.24. The highest BCUT2D eigenvalue weighted by molar-refractivity contribution is 5.82. The Morgan fingerprint density at radius 1 is 1.35 bits per heavy atom. The van der Waals surface area contributed by atoms with E-state index in [-0.39, 0.29) is 6.10 Å². The highest BCUT2D eigenvalue weighted by Gasteiger charge is 2.27. The molecule has 23 heavy (non-hydrogen) atoms. The van der Waals surface area contributed by atoms with Crippen LogP contribution in [0.5, 0.6) is 0 Å². The van der Waals surface area contributed by atoms with Crippen LogP contribution >= 0.6 is 0 Å². The summed E-state index contributed by atoms with van der Waals surface area (Å²) in [6.07, 6.45) is 6.68. The minimum Gasteiger partial charge on any atom is -0.461 e. The van der Waals surface area contributed by atoms with Gasteiger partial charge in [-0.15, -0.1) is 0 Å². The van der Waals surface area contributed by atoms with Crippen LogP contribution in [0.15, 0.2) is 23.8 Å². The largest absolute Gasteiger partial charge is 0.461 e. The Kier molecular flexibility index (Phi) is 6.85. The van der Waals surface area contributed by atoms with E-state index in [2.05, 4.69) is 24.4 Å². The third-order valence-electron chi connectivity index (χ3n) is 3.16. The lowest BCUT2D eigenvalue weighted by molar-refractivity contribution is -0.149. The van der Waals surface area contributed by atoms with Gasteiger partial charge in [-0.2, -0.15) is 0 Å². The number of alkyl carbamates (subject to hydrolysis) is 1. The zero-order valence-electron chi connectivity index (χ0n) is 15.0. The van der Waals surface area contributed by atoms with E-state index in [1.165, 1.54) is 0 Å². The number of esters is 1. The van der Waals surface area contributed by atoms with Crippen molar-refractivity contribution in [2.45, 2.75) is 72.1 Å². The number of amides is 1. The first-order valence-corrected chi connectivity index (χ1v) is 8.14. The fourth-order valence-corrected chi connectivity index (χ4v) is 2.12. The van der Waals surface area contributed by atoms with Gasteiger partial charge in [-0.25, -0.2) is 9.59 Å². The zero-order valence-corrected chi connectivity index (χ0v) is 15.0. The molecule has 0 aliphatic heterocycles. The smallest absolute Gasteiger partial charge is 0.408 e. The van der Waals surface area contributed by atoms with E-state index in [9.17, 15) is 9.59 Å². The van der Waals surface area contributed by atoms with Gasteiger partial charge in [0, 0.05) is 6.42 Å². The van der Waals surface area contributed by atoms with Crippen molar-refractivity contribution in [2.75, 3.05) is 0 Å². The molecule has 0 aromatic carbocycles. The number of ether oxygens (including phenoxy) is 2. The van der Waals surface area contributed by atoms with Gasteiger partial charge >= 0.3 is 12.1 Å². The SMILES string of the molecule is CC1C=CC(C[C@@H](NC(=O)OC(C)(C)C)C(=O)OC(C)C)=CC1. The number of allylic oxidation sites excluding steroid dienone is 3. The molecule has 1 N–H and O–H groups in total. The number of nitrogens with one attached hydrogen (secondary N) is 1. The number of carbonyl (C=O) groups is 2. The van der Waals surface area contributed by atoms with E-state index in [4.69, 9.17) is 9.47 Å². The normalized spacial score (nSPS) is 19.1. The Hall–Kier alpha value is -1.78. The van der Waals surface area contributed by atoms with Crippen LogP contribution in [0.2, 0.25) is 0 Å². The first-order valence-electron chi connectivity index (χ1n) is 8.14. The molecule has 2 atom stereocenters. The lowest BCUT2D eigenvalue weighted by Gasteiger charge is -2.24. The van der Waals surface area contributed by atoms with Crippen molar-refractivity contribution in [3.8, 4) is 0 Å². The van der Waals surface area contributed by atoms with Crippen molar-refractivity contribution in [1.29, 1.82) is 0 Å². The number of carbonyl (C=O) groups excluding carboxylic acids is 2. The molecule has 1 amide bonds. The maximum atomic E-state index is 12.2. The minimum absolute atomic E-state index is 0.235. The minimum atomic E-state index is -0.753. The summed E-state index contributed by atoms with van der Waals surface area (Å²) in [6.45, 7) is 11.0. The molecule has 0 radical (unpaired) electrons. The Labute approximate surface area is 139 Å². The van der Waals surface area contributed by atoms with Crippen LogP contribution in [0.4, 0.5) is 4.79 Å². The highest BCUT2D eigenvalue weighted by atomic mass is 16.6. The molecule has 0 bridgehead atoms. The van der Waals surface area contributed by atoms with Gasteiger partial charge in [-0.1, -0.05) is 25.2 Å². The lowest BCUT2D eigenvalue weighted by Crippen LogP contribution is -2.45. The third-order valence-corrected chi connectivity index (χ3v) is 3.16. The molecule has 0 spiro atoms. The van der Waals surface area contributed by atoms with E-state index in [0.717, 1.165) is 12.0 Å². The molecule has 1 aliphatic carbocycles. The molecule has 130 valence electrons. The molecule has 0 aromatic rings. The molecular formula is C18H29NO4. The molecular weight excluding hydrogens is 294 g/mol. The van der Waals surface area contributed by atoms with Crippen LogP contribution in [-0.2, 0) is 14.3 Å². The Morgan fingerprint density at radius 3 is 2.48 bits per heavy atom. The molecule has 1 rings (SSSR count). The summed E-state index contributed by atoms with van der Waals surface area (Å²) >= 11 is 0. The molecule has 0 fully saturated rings. The van der Waals surface area contributed by atoms with Gasteiger partial charge < -0.3 is 14.8 Å². The maximum absolute atomic E-state index is 12.2. The predicted molar refractivity (Wildman–Crippen MR) is 90.0 cm³/mol. The molecule has 0 saturated carbocycles. The molecule has 5 nitrogen and oxygen atoms in total. The second-order valence-electron chi connectivity index (χ2n) is 7.24. The van der Waals surface area contributed by atoms with Crippen LogP contribution < -0.4 is 5.32 Å². The standard InChI is InChI=1S/C18H29NO4/c1-12(2)22-16(20)15(19-17(21)23-18(4,5)6)11-14-9-7-13(3)8-10-14/h7,9-10,12-13,15H,8,11H2,1-6H3,(H,19,21)/t13?,15-/m1/s1. The number of hydrogen-bond donors (Lipinski definition) is 1. The summed E-state index contributed by atoms with van der Waals surface area (Å²) in [6, 6.07) is -0.753. The summed E-state index contributed by atoms with van der Waals surface area (Å²) in [5.74, 6) is 0.0532. The topological polar surface area (TPSA) is 64.6 Å². The molecule has 1 aliphatic rings. The number of hydrogen-bond acceptors (Lipinski definition) is 4. The molecule has 0 heterocycles. The Balaban J connectivity index is 2.75. The Bertz CT molecular complexity index is 486. The Morgan fingerprint density at radius 2 is 2.00 bits per heavy atom. The van der Waals surface area contributed by atoms with Gasteiger partial charge in [0.15, 0.2) is 0 Å². The summed E-state index contributed by atoms with van der Waals surface area (Å²) in [5, 5.41) is 2.63. The van der Waals surface area contributed by atoms with E-state index in [1.807, 2.05) is 6.08 Å². The van der Waals surface area contributed by atoms with Crippen LogP contribution in [0, 0.1) is 5.92 Å². The second kappa shape index (κ2) is 8.18. The first-order chi connectivity index (χ1) is 10.6. The first kappa shape index (κ1) is 19.3. The summed E-state index contributed by atoms with van der Waals surface area (Å²) in [5.41, 5.74) is 0.403. The molecule has 0 aromatic heterocycles. The van der Waals surface area contributed by atoms with Crippen LogP contribution in [-0.4, -0.2) is 29.8 Å². The molecule has 5 heteroatoms. The quantitative estimate of drug-likeness (QED) is 0.783. The van der Waals surface area contributed by atoms with Gasteiger partial charge in [-0.05, 0) is 52.5 Å².